The first-order chi connectivity index (χ1) is 16.7. The molecular weight excluding hydrogens is 501 g/mol. The predicted molar refractivity (Wildman–Crippen MR) is 126 cm³/mol. The number of halogens is 3. The number of imidazole rings is 1. The highest BCUT2D eigenvalue weighted by Crippen LogP contribution is 2.40. The molecule has 0 bridgehead atoms. The molecule has 2 aliphatic heterocycles. The van der Waals surface area contributed by atoms with Gasteiger partial charge in [-0.25, -0.2) is 23.3 Å². The average molecular weight is 529 g/mol. The lowest BCUT2D eigenvalue weighted by molar-refractivity contribution is -0.139. The van der Waals surface area contributed by atoms with Gasteiger partial charge in [-0.2, -0.15) is 13.2 Å². The molecule has 14 heteroatoms. The van der Waals surface area contributed by atoms with Gasteiger partial charge in [-0.3, -0.25) is 4.79 Å². The Labute approximate surface area is 205 Å². The van der Waals surface area contributed by atoms with E-state index in [1.807, 2.05) is 13.8 Å². The summed E-state index contributed by atoms with van der Waals surface area (Å²) >= 11 is 0. The van der Waals surface area contributed by atoms with E-state index in [4.69, 9.17) is 0 Å². The zero-order valence-corrected chi connectivity index (χ0v) is 20.9. The maximum Gasteiger partial charge on any atom is 0.433 e. The number of aromatic nitrogens is 2. The molecule has 1 aromatic heterocycles. The maximum atomic E-state index is 13.6. The Morgan fingerprint density at radius 3 is 2.58 bits per heavy atom. The van der Waals surface area contributed by atoms with Crippen molar-refractivity contribution in [1.82, 2.24) is 25.1 Å². The Hall–Kier alpha value is -2.97. The zero-order valence-electron chi connectivity index (χ0n) is 20.1. The van der Waals surface area contributed by atoms with Crippen molar-refractivity contribution in [3.63, 3.8) is 0 Å². The van der Waals surface area contributed by atoms with Gasteiger partial charge < -0.3 is 20.3 Å². The van der Waals surface area contributed by atoms with E-state index < -0.39 is 46.1 Å². The fraction of sp³-hybridized carbons (Fsp3) is 0.500. The molecule has 3 heterocycles. The van der Waals surface area contributed by atoms with Crippen molar-refractivity contribution in [1.29, 1.82) is 0 Å². The van der Waals surface area contributed by atoms with E-state index in [1.165, 1.54) is 19.2 Å². The molecule has 1 unspecified atom stereocenters. The van der Waals surface area contributed by atoms with Crippen LogP contribution in [0.3, 0.4) is 0 Å². The molecule has 1 aromatic carbocycles. The molecule has 10 nitrogen and oxygen atoms in total. The summed E-state index contributed by atoms with van der Waals surface area (Å²) in [4.78, 5) is 23.2. The van der Waals surface area contributed by atoms with Crippen molar-refractivity contribution in [2.24, 2.45) is 10.9 Å². The Kier molecular flexibility index (Phi) is 6.42. The summed E-state index contributed by atoms with van der Waals surface area (Å²) in [6, 6.07) is 2.28. The van der Waals surface area contributed by atoms with E-state index in [0.29, 0.717) is 16.9 Å². The number of sulfone groups is 1. The fourth-order valence-corrected chi connectivity index (χ4v) is 5.78. The van der Waals surface area contributed by atoms with Crippen LogP contribution in [0.5, 0.6) is 0 Å². The van der Waals surface area contributed by atoms with Gasteiger partial charge in [0.05, 0.1) is 28.6 Å². The highest BCUT2D eigenvalue weighted by Gasteiger charge is 2.53. The van der Waals surface area contributed by atoms with E-state index >= 15 is 0 Å². The van der Waals surface area contributed by atoms with Gasteiger partial charge in [-0.05, 0) is 29.7 Å². The molecule has 2 aliphatic rings. The third kappa shape index (κ3) is 4.16. The van der Waals surface area contributed by atoms with Crippen molar-refractivity contribution in [3.05, 3.63) is 35.8 Å². The summed E-state index contributed by atoms with van der Waals surface area (Å²) in [5.41, 5.74) is -0.0626. The average Bonchev–Trinajstić information content (AvgIpc) is 3.18. The molecular formula is C22H27F3N6O4S. The summed E-state index contributed by atoms with van der Waals surface area (Å²) in [5.74, 6) is -2.64. The normalized spacial score (nSPS) is 22.9. The largest absolute Gasteiger partial charge is 0.433 e. The summed E-state index contributed by atoms with van der Waals surface area (Å²) in [7, 11) is -2.33. The van der Waals surface area contributed by atoms with Crippen LogP contribution in [0.2, 0.25) is 0 Å². The second kappa shape index (κ2) is 8.85. The first-order valence-electron chi connectivity index (χ1n) is 11.2. The number of aliphatic hydroxyl groups is 1. The van der Waals surface area contributed by atoms with Crippen LogP contribution in [0, 0.1) is 5.92 Å². The van der Waals surface area contributed by atoms with Gasteiger partial charge in [-0.1, -0.05) is 13.8 Å². The molecule has 0 aliphatic carbocycles. The van der Waals surface area contributed by atoms with Crippen LogP contribution in [0.25, 0.3) is 11.0 Å². The summed E-state index contributed by atoms with van der Waals surface area (Å²) in [6.45, 7) is 3.50. The topological polar surface area (TPSA) is 129 Å². The molecule has 36 heavy (non-hydrogen) atoms. The molecule has 2 atom stereocenters. The SMILES string of the molecule is CNC(=O)[C@]1(N2CCn3c(nc4cc(CO)c(S(C)(=O)=O)cc43)C2C(C)C)N=C(C(F)(F)F)C=CN1. The highest BCUT2D eigenvalue weighted by molar-refractivity contribution is 7.90. The zero-order chi connectivity index (χ0) is 26.6. The van der Waals surface area contributed by atoms with Gasteiger partial charge in [0.2, 0.25) is 0 Å². The van der Waals surface area contributed by atoms with Gasteiger partial charge in [0.15, 0.2) is 9.84 Å². The number of carbonyl (C=O) groups excluding carboxylic acids is 1. The second-order valence-corrected chi connectivity index (χ2v) is 11.1. The molecule has 3 N–H and O–H groups in total. The third-order valence-corrected chi connectivity index (χ3v) is 7.56. The number of hydrogen-bond donors (Lipinski definition) is 3. The number of alkyl halides is 3. The monoisotopic (exact) mass is 528 g/mol. The van der Waals surface area contributed by atoms with Crippen LogP contribution in [0.4, 0.5) is 13.2 Å². The molecule has 0 saturated heterocycles. The number of hydrogen-bond acceptors (Lipinski definition) is 8. The van der Waals surface area contributed by atoms with Crippen molar-refractivity contribution in [3.8, 4) is 0 Å². The quantitative estimate of drug-likeness (QED) is 0.536. The smallest absolute Gasteiger partial charge is 0.392 e. The number of aliphatic imine (C=N–C) groups is 1. The summed E-state index contributed by atoms with van der Waals surface area (Å²) in [5, 5.41) is 14.9. The Morgan fingerprint density at radius 2 is 2.03 bits per heavy atom. The standard InChI is InChI=1S/C22H27F3N6O4S/c1-12(2)18-19-28-14-9-13(11-32)16(36(4,34)35)10-15(14)30(19)7-8-31(18)22(20(33)26-3)27-6-5-17(29-22)21(23,24)25/h5-6,9-10,12,18,27,32H,7-8,11H2,1-4H3,(H,26,33)/t18?,22-/m1/s1. The molecule has 0 saturated carbocycles. The van der Waals surface area contributed by atoms with Gasteiger partial charge in [0.25, 0.3) is 11.7 Å². The Bertz CT molecular complexity index is 1380. The van der Waals surface area contributed by atoms with E-state index in [9.17, 15) is 31.5 Å². The molecule has 2 aromatic rings. The molecule has 0 spiro atoms. The van der Waals surface area contributed by atoms with Crippen LogP contribution < -0.4 is 10.6 Å². The number of rotatable bonds is 5. The minimum Gasteiger partial charge on any atom is -0.392 e. The predicted octanol–water partition coefficient (Wildman–Crippen LogP) is 1.46. The number of nitrogens with one attached hydrogen (secondary N) is 2. The van der Waals surface area contributed by atoms with Gasteiger partial charge >= 0.3 is 6.18 Å². The van der Waals surface area contributed by atoms with Crippen LogP contribution in [-0.4, -0.2) is 71.4 Å². The Balaban J connectivity index is 1.93. The van der Waals surface area contributed by atoms with E-state index in [0.717, 1.165) is 18.5 Å². The van der Waals surface area contributed by atoms with Gasteiger partial charge in [-0.15, -0.1) is 0 Å². The number of allylic oxidation sites excluding steroid dienone is 1. The van der Waals surface area contributed by atoms with Crippen LogP contribution in [-0.2, 0) is 27.8 Å². The number of nitrogens with zero attached hydrogens (tertiary/aromatic N) is 4. The number of aliphatic hydroxyl groups excluding tert-OH is 1. The first kappa shape index (κ1) is 26.1. The lowest BCUT2D eigenvalue weighted by Gasteiger charge is -2.48. The van der Waals surface area contributed by atoms with E-state index in [-0.39, 0.29) is 29.5 Å². The minimum absolute atomic E-state index is 0.0240. The minimum atomic E-state index is -4.77. The second-order valence-electron chi connectivity index (χ2n) is 9.11. The molecule has 196 valence electrons. The maximum absolute atomic E-state index is 13.6. The van der Waals surface area contributed by atoms with E-state index in [2.05, 4.69) is 20.6 Å². The molecule has 4 rings (SSSR count). The number of benzene rings is 1. The van der Waals surface area contributed by atoms with Crippen LogP contribution in [0.1, 0.15) is 31.3 Å². The molecule has 0 fully saturated rings. The van der Waals surface area contributed by atoms with Gasteiger partial charge in [0.1, 0.15) is 11.5 Å². The van der Waals surface area contributed by atoms with Crippen LogP contribution >= 0.6 is 0 Å². The fourth-order valence-electron chi connectivity index (χ4n) is 4.86. The van der Waals surface area contributed by atoms with Crippen molar-refractivity contribution < 1.29 is 31.5 Å². The number of carbonyl (C=O) groups is 1. The lowest BCUT2D eigenvalue weighted by Crippen LogP contribution is -2.68. The summed E-state index contributed by atoms with van der Waals surface area (Å²) < 4.78 is 67.3. The van der Waals surface area contributed by atoms with E-state index in [1.54, 1.807) is 9.47 Å². The highest BCUT2D eigenvalue weighted by atomic mass is 32.2. The van der Waals surface area contributed by atoms with Crippen molar-refractivity contribution in [2.45, 2.75) is 49.9 Å². The van der Waals surface area contributed by atoms with Crippen molar-refractivity contribution >= 4 is 32.5 Å². The van der Waals surface area contributed by atoms with Gasteiger partial charge in [0, 0.05) is 32.6 Å². The van der Waals surface area contributed by atoms with Crippen LogP contribution in [0.15, 0.2) is 34.3 Å². The Morgan fingerprint density at radius 1 is 1.33 bits per heavy atom. The number of likely N-dealkylation sites (N-methyl/N-ethyl adjacent to an activating group) is 1. The molecule has 1 amide bonds. The summed E-state index contributed by atoms with van der Waals surface area (Å²) in [6.07, 6.45) is -1.89. The first-order valence-corrected chi connectivity index (χ1v) is 13.1. The lowest BCUT2D eigenvalue weighted by atomic mass is 9.97. The number of amides is 1. The molecule has 0 radical (unpaired) electrons. The third-order valence-electron chi connectivity index (χ3n) is 6.38. The van der Waals surface area contributed by atoms with Crippen molar-refractivity contribution in [2.75, 3.05) is 19.8 Å². The number of fused-ring (bicyclic) bond motifs is 3.